The van der Waals surface area contributed by atoms with Gasteiger partial charge in [0.1, 0.15) is 0 Å². The van der Waals surface area contributed by atoms with E-state index in [1.807, 2.05) is 0 Å². The molecule has 0 saturated carbocycles. The molecule has 0 aromatic rings. The zero-order valence-corrected chi connectivity index (χ0v) is 9.62. The van der Waals surface area contributed by atoms with Crippen molar-refractivity contribution in [3.05, 3.63) is 13.5 Å². The predicted octanol–water partition coefficient (Wildman–Crippen LogP) is 0.872. The number of hydrogen-bond donors (Lipinski definition) is 1. The number of ether oxygens (including phenoxy) is 2. The summed E-state index contributed by atoms with van der Waals surface area (Å²) in [6.07, 6.45) is -0.699. The smallest absolute Gasteiger partial charge is 0.157 e. The number of aliphatic hydroxyl groups is 1. The molecule has 0 bridgehead atoms. The minimum Gasteiger partial charge on any atom is -0.563 e. The van der Waals surface area contributed by atoms with Gasteiger partial charge >= 0.3 is 0 Å². The third-order valence-corrected chi connectivity index (χ3v) is 1.37. The van der Waals surface area contributed by atoms with Crippen LogP contribution in [0.2, 0.25) is 0 Å². The third-order valence-electron chi connectivity index (χ3n) is 1.37. The Morgan fingerprint density at radius 3 is 2.18 bits per heavy atom. The van der Waals surface area contributed by atoms with Crippen LogP contribution in [0.4, 0.5) is 0 Å². The van der Waals surface area contributed by atoms with E-state index in [1.54, 1.807) is 13.8 Å². The second kappa shape index (κ2) is 4.29. The van der Waals surface area contributed by atoms with Gasteiger partial charge in [0.15, 0.2) is 5.79 Å². The molecule has 0 aliphatic carbocycles. The zero-order chi connectivity index (χ0) is 7.78. The molecule has 1 aliphatic heterocycles. The van der Waals surface area contributed by atoms with Gasteiger partial charge in [0.2, 0.25) is 0 Å². The second-order valence-corrected chi connectivity index (χ2v) is 2.79. The molecule has 1 N–H and O–H groups in total. The normalized spacial score (nSPS) is 34.9. The van der Waals surface area contributed by atoms with E-state index in [-0.39, 0.29) is 38.8 Å². The van der Waals surface area contributed by atoms with Gasteiger partial charge in [0.05, 0.1) is 0 Å². The summed E-state index contributed by atoms with van der Waals surface area (Å²) in [6, 6.07) is 0. The zero-order valence-electron chi connectivity index (χ0n) is 6.78. The number of hydrogen-bond acceptors (Lipinski definition) is 3. The summed E-state index contributed by atoms with van der Waals surface area (Å²) in [5.41, 5.74) is 0. The summed E-state index contributed by atoms with van der Waals surface area (Å²) in [6.45, 7) is 8.18. The molecular weight excluding hydrogens is 221 g/mol. The van der Waals surface area contributed by atoms with Crippen LogP contribution in [0.15, 0.2) is 0 Å². The first kappa shape index (κ1) is 12.0. The minimum absolute atomic E-state index is 0. The van der Waals surface area contributed by atoms with Gasteiger partial charge in [-0.15, -0.1) is 0 Å². The number of rotatable bonds is 1. The van der Waals surface area contributed by atoms with Crippen molar-refractivity contribution in [3.8, 4) is 0 Å². The Labute approximate surface area is 92.3 Å². The molecule has 0 spiro atoms. The molecule has 4 heteroatoms. The van der Waals surface area contributed by atoms with Crippen LogP contribution < -0.4 is 0 Å². The molecule has 0 amide bonds. The molecule has 1 saturated heterocycles. The molecule has 1 aliphatic rings. The fourth-order valence-corrected chi connectivity index (χ4v) is 0.989. The van der Waals surface area contributed by atoms with Crippen LogP contribution >= 0.6 is 0 Å². The van der Waals surface area contributed by atoms with Gasteiger partial charge in [-0.05, 0) is 20.0 Å². The van der Waals surface area contributed by atoms with Crippen LogP contribution in [0.25, 0.3) is 0 Å². The molecule has 0 aromatic heterocycles. The van der Waals surface area contributed by atoms with Crippen LogP contribution in [0.5, 0.6) is 0 Å². The maximum Gasteiger partial charge on any atom is 0.157 e. The molecule has 1 heterocycles. The van der Waals surface area contributed by atoms with E-state index in [9.17, 15) is 0 Å². The van der Waals surface area contributed by atoms with Gasteiger partial charge < -0.3 is 21.5 Å². The summed E-state index contributed by atoms with van der Waals surface area (Å²) in [4.78, 5) is 0. The first-order valence-corrected chi connectivity index (χ1v) is 3.21. The van der Waals surface area contributed by atoms with Crippen molar-refractivity contribution in [1.82, 2.24) is 0 Å². The Balaban J connectivity index is 0.000001000. The maximum atomic E-state index is 8.60. The van der Waals surface area contributed by atoms with Crippen molar-refractivity contribution < 1.29 is 47.3 Å². The van der Waals surface area contributed by atoms with Crippen molar-refractivity contribution in [3.63, 3.8) is 0 Å². The summed E-state index contributed by atoms with van der Waals surface area (Å²) >= 11 is 0. The van der Waals surface area contributed by atoms with Gasteiger partial charge in [-0.25, -0.2) is 0 Å². The summed E-state index contributed by atoms with van der Waals surface area (Å²) in [7, 11) is 0. The Bertz CT molecular complexity index is 127. The van der Waals surface area contributed by atoms with Crippen LogP contribution in [0, 0.1) is 13.5 Å². The fraction of sp³-hybridized carbons (Fsp3) is 0.714. The molecule has 11 heavy (non-hydrogen) atoms. The molecule has 1 radical (unpaired) electrons. The molecule has 3 nitrogen and oxygen atoms in total. The van der Waals surface area contributed by atoms with E-state index in [1.165, 1.54) is 0 Å². The van der Waals surface area contributed by atoms with Crippen LogP contribution in [-0.2, 0) is 42.2 Å². The van der Waals surface area contributed by atoms with Crippen LogP contribution in [0.1, 0.15) is 13.8 Å². The van der Waals surface area contributed by atoms with Crippen molar-refractivity contribution >= 4 is 0 Å². The molecule has 2 atom stereocenters. The van der Waals surface area contributed by atoms with Crippen LogP contribution in [0.3, 0.4) is 0 Å². The van der Waals surface area contributed by atoms with E-state index >= 15 is 0 Å². The Hall–Kier alpha value is 0.984. The average molecular weight is 233 g/mol. The second-order valence-electron chi connectivity index (χ2n) is 2.79. The Morgan fingerprint density at radius 1 is 1.45 bits per heavy atom. The fourth-order valence-electron chi connectivity index (χ4n) is 0.989. The first-order valence-electron chi connectivity index (χ1n) is 3.21. The summed E-state index contributed by atoms with van der Waals surface area (Å²) < 4.78 is 10.4. The van der Waals surface area contributed by atoms with Crippen molar-refractivity contribution in [2.45, 2.75) is 31.8 Å². The predicted molar refractivity (Wildman–Crippen MR) is 35.4 cm³/mol. The minimum atomic E-state index is -0.615. The van der Waals surface area contributed by atoms with E-state index in [0.717, 1.165) is 6.61 Å². The number of aliphatic hydroxyl groups excluding tert-OH is 1. The van der Waals surface area contributed by atoms with E-state index in [2.05, 4.69) is 6.92 Å². The first-order chi connectivity index (χ1) is 4.55. The standard InChI is InChI=1S/C7H12O3.Y/c1-5-6(4-8)10-7(2,3)9-5;/h4-6,8H,1H2,2-3H3;/q-2;/t5-,6+;/m1./s1. The Kier molecular flexibility index (Phi) is 4.67. The monoisotopic (exact) mass is 233 g/mol. The van der Waals surface area contributed by atoms with Crippen LogP contribution in [-0.4, -0.2) is 23.1 Å². The van der Waals surface area contributed by atoms with Gasteiger partial charge in [0.25, 0.3) is 0 Å². The molecule has 63 valence electrons. The van der Waals surface area contributed by atoms with Crippen molar-refractivity contribution in [2.75, 3.05) is 0 Å². The maximum absolute atomic E-state index is 8.60. The molecule has 1 fully saturated rings. The third kappa shape index (κ3) is 3.07. The largest absolute Gasteiger partial charge is 0.563 e. The molecule has 0 aromatic carbocycles. The van der Waals surface area contributed by atoms with E-state index in [0.29, 0.717) is 0 Å². The average Bonchev–Trinajstić information content (AvgIpc) is 2.05. The van der Waals surface area contributed by atoms with Crippen molar-refractivity contribution in [2.24, 2.45) is 0 Å². The summed E-state index contributed by atoms with van der Waals surface area (Å²) in [5.74, 6) is -0.615. The SMILES string of the molecule is [CH2-][C@H]1OC(C)(C)O[C@H]1[CH-]O.[Y]. The Morgan fingerprint density at radius 2 is 2.00 bits per heavy atom. The molecular formula is C7H12O3Y-2. The van der Waals surface area contributed by atoms with Gasteiger partial charge in [-0.2, -0.15) is 6.61 Å². The quantitative estimate of drug-likeness (QED) is 0.683. The van der Waals surface area contributed by atoms with E-state index < -0.39 is 11.9 Å². The van der Waals surface area contributed by atoms with E-state index in [4.69, 9.17) is 14.6 Å². The molecule has 0 unspecified atom stereocenters. The van der Waals surface area contributed by atoms with Gasteiger partial charge in [0, 0.05) is 32.7 Å². The van der Waals surface area contributed by atoms with Crippen molar-refractivity contribution in [1.29, 1.82) is 0 Å². The summed E-state index contributed by atoms with van der Waals surface area (Å²) in [5, 5.41) is 8.60. The van der Waals surface area contributed by atoms with Gasteiger partial charge in [-0.1, -0.05) is 6.10 Å². The topological polar surface area (TPSA) is 38.7 Å². The van der Waals surface area contributed by atoms with Gasteiger partial charge in [-0.3, -0.25) is 0 Å². The molecule has 1 rings (SSSR count).